The number of carbonyl (C=O) groups excluding carboxylic acids is 2. The number of aromatic nitrogens is 2. The summed E-state index contributed by atoms with van der Waals surface area (Å²) in [7, 11) is 0. The molecule has 0 aliphatic carbocycles. The van der Waals surface area contributed by atoms with Gasteiger partial charge >= 0.3 is 5.97 Å². The maximum Gasteiger partial charge on any atom is 0.338 e. The Morgan fingerprint density at radius 3 is 2.62 bits per heavy atom. The van der Waals surface area contributed by atoms with Gasteiger partial charge in [0.1, 0.15) is 5.82 Å². The van der Waals surface area contributed by atoms with Crippen LogP contribution in [0.4, 0.5) is 11.5 Å². The highest BCUT2D eigenvalue weighted by Gasteiger charge is 2.21. The molecule has 0 aliphatic heterocycles. The molecule has 0 fully saturated rings. The molecule has 1 amide bonds. The van der Waals surface area contributed by atoms with Crippen LogP contribution >= 0.6 is 11.6 Å². The summed E-state index contributed by atoms with van der Waals surface area (Å²) in [6.07, 6.45) is 0.605. The lowest BCUT2D eigenvalue weighted by Crippen LogP contribution is -2.31. The van der Waals surface area contributed by atoms with Crippen LogP contribution < -0.4 is 11.1 Å². The standard InChI is InChI=1S/C16H19ClN4O3/c1-9(2)21-14(6-7-19-21)20-15(22)10(3)24-16(23)11-4-5-12(17)13(18)8-11/h4-10H,18H2,1-3H3,(H,20,22)/t10-/m0/s1. The molecule has 0 saturated heterocycles. The monoisotopic (exact) mass is 350 g/mol. The van der Waals surface area contributed by atoms with Crippen LogP contribution in [-0.2, 0) is 9.53 Å². The van der Waals surface area contributed by atoms with Crippen LogP contribution in [-0.4, -0.2) is 27.8 Å². The van der Waals surface area contributed by atoms with Gasteiger partial charge in [0.2, 0.25) is 0 Å². The van der Waals surface area contributed by atoms with Crippen molar-refractivity contribution in [1.29, 1.82) is 0 Å². The van der Waals surface area contributed by atoms with E-state index in [0.717, 1.165) is 0 Å². The molecule has 0 bridgehead atoms. The molecule has 2 aromatic rings. The summed E-state index contributed by atoms with van der Waals surface area (Å²) in [5.74, 6) is -0.570. The molecule has 0 saturated carbocycles. The Kier molecular flexibility index (Phi) is 5.46. The number of nitrogens with two attached hydrogens (primary N) is 1. The van der Waals surface area contributed by atoms with Gasteiger partial charge in [0, 0.05) is 12.1 Å². The number of esters is 1. The fourth-order valence-electron chi connectivity index (χ4n) is 2.01. The number of nitrogen functional groups attached to an aromatic ring is 1. The van der Waals surface area contributed by atoms with E-state index in [4.69, 9.17) is 22.1 Å². The predicted molar refractivity (Wildman–Crippen MR) is 92.0 cm³/mol. The van der Waals surface area contributed by atoms with E-state index in [1.807, 2.05) is 13.8 Å². The Morgan fingerprint density at radius 1 is 1.29 bits per heavy atom. The average molecular weight is 351 g/mol. The summed E-state index contributed by atoms with van der Waals surface area (Å²) >= 11 is 5.81. The minimum absolute atomic E-state index is 0.0881. The first-order chi connectivity index (χ1) is 11.3. The molecular weight excluding hydrogens is 332 g/mol. The SMILES string of the molecule is CC(C)n1nccc1NC(=O)[C@H](C)OC(=O)c1ccc(Cl)c(N)c1. The van der Waals surface area contributed by atoms with Crippen molar-refractivity contribution in [3.8, 4) is 0 Å². The van der Waals surface area contributed by atoms with E-state index in [1.165, 1.54) is 25.1 Å². The highest BCUT2D eigenvalue weighted by molar-refractivity contribution is 6.33. The molecule has 1 aromatic carbocycles. The molecule has 1 aromatic heterocycles. The number of rotatable bonds is 5. The first kappa shape index (κ1) is 17.8. The summed E-state index contributed by atoms with van der Waals surface area (Å²) in [5.41, 5.74) is 6.15. The normalized spacial score (nSPS) is 12.0. The van der Waals surface area contributed by atoms with E-state index in [2.05, 4.69) is 10.4 Å². The van der Waals surface area contributed by atoms with Gasteiger partial charge in [0.05, 0.1) is 22.5 Å². The Balaban J connectivity index is 2.01. The largest absolute Gasteiger partial charge is 0.449 e. The fourth-order valence-corrected chi connectivity index (χ4v) is 2.12. The zero-order valence-electron chi connectivity index (χ0n) is 13.6. The Hall–Kier alpha value is -2.54. The lowest BCUT2D eigenvalue weighted by molar-refractivity contribution is -0.123. The highest BCUT2D eigenvalue weighted by atomic mass is 35.5. The number of carbonyl (C=O) groups is 2. The van der Waals surface area contributed by atoms with Crippen molar-refractivity contribution in [2.75, 3.05) is 11.1 Å². The quantitative estimate of drug-likeness (QED) is 0.638. The van der Waals surface area contributed by atoms with E-state index >= 15 is 0 Å². The first-order valence-corrected chi connectivity index (χ1v) is 7.77. The van der Waals surface area contributed by atoms with Crippen molar-refractivity contribution in [1.82, 2.24) is 9.78 Å². The number of nitrogens with zero attached hydrogens (tertiary/aromatic N) is 2. The summed E-state index contributed by atoms with van der Waals surface area (Å²) in [6, 6.07) is 6.15. The Morgan fingerprint density at radius 2 is 2.00 bits per heavy atom. The van der Waals surface area contributed by atoms with Crippen LogP contribution in [0.5, 0.6) is 0 Å². The summed E-state index contributed by atoms with van der Waals surface area (Å²) in [5, 5.41) is 7.16. The molecule has 2 rings (SSSR count). The smallest absolute Gasteiger partial charge is 0.338 e. The Labute approximate surface area is 144 Å². The van der Waals surface area contributed by atoms with Crippen LogP contribution in [0.2, 0.25) is 5.02 Å². The number of ether oxygens (including phenoxy) is 1. The molecule has 0 radical (unpaired) electrons. The van der Waals surface area contributed by atoms with Gasteiger partial charge in [-0.2, -0.15) is 5.10 Å². The van der Waals surface area contributed by atoms with Crippen molar-refractivity contribution < 1.29 is 14.3 Å². The maximum absolute atomic E-state index is 12.2. The van der Waals surface area contributed by atoms with Gasteiger partial charge in [-0.25, -0.2) is 9.48 Å². The molecule has 3 N–H and O–H groups in total. The molecule has 0 spiro atoms. The highest BCUT2D eigenvalue weighted by Crippen LogP contribution is 2.20. The van der Waals surface area contributed by atoms with E-state index < -0.39 is 18.0 Å². The molecule has 0 unspecified atom stereocenters. The van der Waals surface area contributed by atoms with E-state index in [-0.39, 0.29) is 17.3 Å². The second-order valence-electron chi connectivity index (χ2n) is 5.53. The number of benzene rings is 1. The van der Waals surface area contributed by atoms with Gasteiger partial charge in [-0.15, -0.1) is 0 Å². The molecule has 0 aliphatic rings. The maximum atomic E-state index is 12.2. The first-order valence-electron chi connectivity index (χ1n) is 7.40. The predicted octanol–water partition coefficient (Wildman–Crippen LogP) is 2.88. The number of amides is 1. The van der Waals surface area contributed by atoms with Gasteiger partial charge in [-0.05, 0) is 39.0 Å². The van der Waals surface area contributed by atoms with Crippen LogP contribution in [0.1, 0.15) is 37.2 Å². The lowest BCUT2D eigenvalue weighted by Gasteiger charge is -2.16. The minimum atomic E-state index is -0.982. The van der Waals surface area contributed by atoms with Crippen LogP contribution in [0.3, 0.4) is 0 Å². The number of hydrogen-bond donors (Lipinski definition) is 2. The second kappa shape index (κ2) is 7.35. The van der Waals surface area contributed by atoms with E-state index in [1.54, 1.807) is 16.9 Å². The number of anilines is 2. The van der Waals surface area contributed by atoms with Gasteiger partial charge < -0.3 is 15.8 Å². The topological polar surface area (TPSA) is 99.2 Å². The van der Waals surface area contributed by atoms with Crippen molar-refractivity contribution in [2.24, 2.45) is 0 Å². The summed E-state index contributed by atoms with van der Waals surface area (Å²) < 4.78 is 6.82. The van der Waals surface area contributed by atoms with Gasteiger partial charge in [0.25, 0.3) is 5.91 Å². The van der Waals surface area contributed by atoms with Crippen molar-refractivity contribution in [3.05, 3.63) is 41.0 Å². The van der Waals surface area contributed by atoms with E-state index in [0.29, 0.717) is 10.8 Å². The van der Waals surface area contributed by atoms with Crippen molar-refractivity contribution in [2.45, 2.75) is 32.9 Å². The summed E-state index contributed by atoms with van der Waals surface area (Å²) in [4.78, 5) is 24.3. The van der Waals surface area contributed by atoms with Crippen molar-refractivity contribution >= 4 is 35.0 Å². The van der Waals surface area contributed by atoms with E-state index in [9.17, 15) is 9.59 Å². The third-order valence-corrected chi connectivity index (χ3v) is 3.64. The van der Waals surface area contributed by atoms with Gasteiger partial charge in [0.15, 0.2) is 6.10 Å². The third kappa shape index (κ3) is 4.05. The molecule has 1 heterocycles. The second-order valence-corrected chi connectivity index (χ2v) is 5.94. The zero-order chi connectivity index (χ0) is 17.9. The third-order valence-electron chi connectivity index (χ3n) is 3.30. The molecule has 128 valence electrons. The van der Waals surface area contributed by atoms with Gasteiger partial charge in [-0.3, -0.25) is 4.79 Å². The van der Waals surface area contributed by atoms with Gasteiger partial charge in [-0.1, -0.05) is 11.6 Å². The lowest BCUT2D eigenvalue weighted by atomic mass is 10.2. The average Bonchev–Trinajstić information content (AvgIpc) is 2.98. The molecule has 8 heteroatoms. The number of nitrogens with one attached hydrogen (secondary N) is 1. The minimum Gasteiger partial charge on any atom is -0.449 e. The molecule has 1 atom stereocenters. The molecule has 7 nitrogen and oxygen atoms in total. The van der Waals surface area contributed by atoms with Crippen molar-refractivity contribution in [3.63, 3.8) is 0 Å². The van der Waals surface area contributed by atoms with Crippen LogP contribution in [0.15, 0.2) is 30.5 Å². The van der Waals surface area contributed by atoms with Crippen LogP contribution in [0.25, 0.3) is 0 Å². The Bertz CT molecular complexity index is 758. The van der Waals surface area contributed by atoms with Crippen LogP contribution in [0, 0.1) is 0 Å². The molecule has 24 heavy (non-hydrogen) atoms. The number of halogens is 1. The molecular formula is C16H19ClN4O3. The number of hydrogen-bond acceptors (Lipinski definition) is 5. The summed E-state index contributed by atoms with van der Waals surface area (Å²) in [6.45, 7) is 5.37. The fraction of sp³-hybridized carbons (Fsp3) is 0.312. The zero-order valence-corrected chi connectivity index (χ0v) is 14.4.